The number of nitrogens with zero attached hydrogens (tertiary/aromatic N) is 1. The average Bonchev–Trinajstić information content (AvgIpc) is 2.91. The largest absolute Gasteiger partial charge is 0.349 e. The number of fused-ring (bicyclic) bond motifs is 2. The summed E-state index contributed by atoms with van der Waals surface area (Å²) in [6, 6.07) is 9.89. The Balaban J connectivity index is 1.34. The Morgan fingerprint density at radius 2 is 1.93 bits per heavy atom. The van der Waals surface area contributed by atoms with Crippen LogP contribution in [-0.2, 0) is 10.2 Å². The molecule has 3 aliphatic rings. The van der Waals surface area contributed by atoms with Crippen molar-refractivity contribution in [2.75, 3.05) is 13.1 Å². The van der Waals surface area contributed by atoms with Gasteiger partial charge in [-0.05, 0) is 62.2 Å². The van der Waals surface area contributed by atoms with Gasteiger partial charge in [0.2, 0.25) is 5.91 Å². The van der Waals surface area contributed by atoms with E-state index in [1.54, 1.807) is 6.92 Å². The van der Waals surface area contributed by atoms with Crippen molar-refractivity contribution in [2.24, 2.45) is 5.92 Å². The first-order chi connectivity index (χ1) is 13.1. The van der Waals surface area contributed by atoms with Gasteiger partial charge in [0, 0.05) is 18.4 Å². The molecule has 1 aliphatic heterocycles. The summed E-state index contributed by atoms with van der Waals surface area (Å²) in [5.41, 5.74) is 3.15. The van der Waals surface area contributed by atoms with Gasteiger partial charge in [-0.25, -0.2) is 0 Å². The summed E-state index contributed by atoms with van der Waals surface area (Å²) in [6.07, 6.45) is 12.1. The van der Waals surface area contributed by atoms with Crippen LogP contribution in [0.3, 0.4) is 0 Å². The molecule has 148 valence electrons. The van der Waals surface area contributed by atoms with E-state index in [0.717, 1.165) is 18.4 Å². The molecule has 3 nitrogen and oxygen atoms in total. The third-order valence-electron chi connectivity index (χ3n) is 7.58. The number of carbonyl (C=O) groups excluding carboxylic acids is 1. The van der Waals surface area contributed by atoms with Gasteiger partial charge in [-0.15, -0.1) is 0 Å². The zero-order chi connectivity index (χ0) is 18.9. The van der Waals surface area contributed by atoms with E-state index in [1.165, 1.54) is 75.6 Å². The second-order valence-corrected chi connectivity index (χ2v) is 9.35. The minimum absolute atomic E-state index is 0.0906. The first kappa shape index (κ1) is 19.0. The van der Waals surface area contributed by atoms with E-state index in [1.807, 2.05) is 0 Å². The predicted molar refractivity (Wildman–Crippen MR) is 111 cm³/mol. The van der Waals surface area contributed by atoms with Gasteiger partial charge in [0.25, 0.3) is 0 Å². The van der Waals surface area contributed by atoms with Gasteiger partial charge in [-0.2, -0.15) is 0 Å². The molecule has 4 rings (SSSR count). The van der Waals surface area contributed by atoms with Crippen molar-refractivity contribution in [1.29, 1.82) is 0 Å². The highest BCUT2D eigenvalue weighted by molar-refractivity contribution is 5.73. The molecule has 27 heavy (non-hydrogen) atoms. The van der Waals surface area contributed by atoms with Crippen molar-refractivity contribution < 1.29 is 4.79 Å². The Morgan fingerprint density at radius 1 is 1.19 bits per heavy atom. The minimum atomic E-state index is 0.0906. The van der Waals surface area contributed by atoms with Gasteiger partial charge in [-0.1, -0.05) is 56.9 Å². The number of hydrogen-bond acceptors (Lipinski definition) is 2. The fourth-order valence-electron chi connectivity index (χ4n) is 5.98. The fourth-order valence-corrected chi connectivity index (χ4v) is 5.98. The van der Waals surface area contributed by atoms with Crippen LogP contribution in [0, 0.1) is 5.92 Å². The lowest BCUT2D eigenvalue weighted by Crippen LogP contribution is -2.51. The van der Waals surface area contributed by atoms with Crippen molar-refractivity contribution in [3.63, 3.8) is 0 Å². The van der Waals surface area contributed by atoms with Crippen LogP contribution in [0.15, 0.2) is 24.3 Å². The average molecular weight is 369 g/mol. The summed E-state index contributed by atoms with van der Waals surface area (Å²) in [6.45, 7) is 6.40. The van der Waals surface area contributed by atoms with Crippen molar-refractivity contribution in [3.8, 4) is 0 Å². The molecule has 1 saturated carbocycles. The highest BCUT2D eigenvalue weighted by Gasteiger charge is 2.47. The number of rotatable bonds is 6. The molecular formula is C24H36N2O. The highest BCUT2D eigenvalue weighted by Crippen LogP contribution is 2.51. The molecule has 0 bridgehead atoms. The highest BCUT2D eigenvalue weighted by atomic mass is 16.1. The van der Waals surface area contributed by atoms with Crippen LogP contribution < -0.4 is 5.32 Å². The summed E-state index contributed by atoms with van der Waals surface area (Å²) in [4.78, 5) is 14.4. The Kier molecular flexibility index (Phi) is 5.59. The van der Waals surface area contributed by atoms with Crippen LogP contribution in [-0.4, -0.2) is 29.9 Å². The molecule has 1 saturated heterocycles. The second kappa shape index (κ2) is 7.95. The molecule has 2 fully saturated rings. The monoisotopic (exact) mass is 368 g/mol. The van der Waals surface area contributed by atoms with Gasteiger partial charge >= 0.3 is 0 Å². The van der Waals surface area contributed by atoms with E-state index >= 15 is 0 Å². The minimum Gasteiger partial charge on any atom is -0.349 e. The number of carbonyl (C=O) groups is 1. The van der Waals surface area contributed by atoms with E-state index in [4.69, 9.17) is 0 Å². The van der Waals surface area contributed by atoms with E-state index in [9.17, 15) is 4.79 Å². The standard InChI is InChI=1S/C24H36N2O/c1-3-4-5-8-19-15-20(16-19)26-13-11-24(12-14-26)17-23(25-18(2)27)21-9-6-7-10-22(21)24/h6-7,9-10,19-20,23H,3-5,8,11-17H2,1-2H3,(H,25,27). The van der Waals surface area contributed by atoms with Crippen molar-refractivity contribution >= 4 is 5.91 Å². The molecule has 1 amide bonds. The third-order valence-corrected chi connectivity index (χ3v) is 7.58. The molecule has 1 aromatic rings. The van der Waals surface area contributed by atoms with Crippen LogP contribution in [0.4, 0.5) is 0 Å². The Bertz CT molecular complexity index is 656. The Labute approximate surface area is 164 Å². The summed E-state index contributed by atoms with van der Waals surface area (Å²) in [5, 5.41) is 3.20. The first-order valence-electron chi connectivity index (χ1n) is 11.2. The van der Waals surface area contributed by atoms with E-state index in [2.05, 4.69) is 41.4 Å². The molecular weight excluding hydrogens is 332 g/mol. The SMILES string of the molecule is CCCCCC1CC(N2CCC3(CC2)CC(NC(C)=O)c2ccccc23)C1. The van der Waals surface area contributed by atoms with E-state index in [0.29, 0.717) is 0 Å². The zero-order valence-electron chi connectivity index (χ0n) is 17.2. The lowest BCUT2D eigenvalue weighted by Gasteiger charge is -2.48. The summed E-state index contributed by atoms with van der Waals surface area (Å²) >= 11 is 0. The van der Waals surface area contributed by atoms with Crippen LogP contribution in [0.2, 0.25) is 0 Å². The maximum Gasteiger partial charge on any atom is 0.217 e. The fraction of sp³-hybridized carbons (Fsp3) is 0.708. The normalized spacial score (nSPS) is 29.3. The Morgan fingerprint density at radius 3 is 2.63 bits per heavy atom. The number of nitrogens with one attached hydrogen (secondary N) is 1. The molecule has 0 radical (unpaired) electrons. The van der Waals surface area contributed by atoms with Crippen molar-refractivity contribution in [1.82, 2.24) is 10.2 Å². The summed E-state index contributed by atoms with van der Waals surface area (Å²) in [7, 11) is 0. The number of piperidine rings is 1. The molecule has 1 heterocycles. The van der Waals surface area contributed by atoms with Crippen LogP contribution >= 0.6 is 0 Å². The number of hydrogen-bond donors (Lipinski definition) is 1. The lowest BCUT2D eigenvalue weighted by molar-refractivity contribution is -0.119. The molecule has 0 aromatic heterocycles. The quantitative estimate of drug-likeness (QED) is 0.720. The molecule has 2 aliphatic carbocycles. The summed E-state index contributed by atoms with van der Waals surface area (Å²) < 4.78 is 0. The van der Waals surface area contributed by atoms with Crippen LogP contribution in [0.5, 0.6) is 0 Å². The second-order valence-electron chi connectivity index (χ2n) is 9.35. The van der Waals surface area contributed by atoms with Gasteiger partial charge in [-0.3, -0.25) is 4.79 Å². The lowest BCUT2D eigenvalue weighted by atomic mass is 9.71. The van der Waals surface area contributed by atoms with Crippen LogP contribution in [0.25, 0.3) is 0 Å². The predicted octanol–water partition coefficient (Wildman–Crippen LogP) is 4.96. The topological polar surface area (TPSA) is 32.3 Å². The van der Waals surface area contributed by atoms with Gasteiger partial charge in [0.05, 0.1) is 6.04 Å². The number of benzene rings is 1. The number of amides is 1. The molecule has 1 atom stereocenters. The zero-order valence-corrected chi connectivity index (χ0v) is 17.2. The van der Waals surface area contributed by atoms with Gasteiger partial charge < -0.3 is 10.2 Å². The van der Waals surface area contributed by atoms with Gasteiger partial charge in [0.1, 0.15) is 0 Å². The molecule has 1 spiro atoms. The first-order valence-corrected chi connectivity index (χ1v) is 11.2. The van der Waals surface area contributed by atoms with Gasteiger partial charge in [0.15, 0.2) is 0 Å². The Hall–Kier alpha value is -1.35. The number of unbranched alkanes of at least 4 members (excludes halogenated alkanes) is 2. The molecule has 1 aromatic carbocycles. The summed E-state index contributed by atoms with van der Waals surface area (Å²) in [5.74, 6) is 1.08. The number of likely N-dealkylation sites (tertiary alicyclic amines) is 1. The molecule has 1 unspecified atom stereocenters. The molecule has 1 N–H and O–H groups in total. The van der Waals surface area contributed by atoms with E-state index in [-0.39, 0.29) is 17.4 Å². The maximum absolute atomic E-state index is 11.7. The third kappa shape index (κ3) is 3.81. The molecule has 3 heteroatoms. The maximum atomic E-state index is 11.7. The van der Waals surface area contributed by atoms with Crippen LogP contribution in [0.1, 0.15) is 88.8 Å². The smallest absolute Gasteiger partial charge is 0.217 e. The van der Waals surface area contributed by atoms with Crippen molar-refractivity contribution in [3.05, 3.63) is 35.4 Å². The van der Waals surface area contributed by atoms with Crippen molar-refractivity contribution in [2.45, 2.75) is 89.1 Å². The van der Waals surface area contributed by atoms with E-state index < -0.39 is 0 Å².